The first-order valence-corrected chi connectivity index (χ1v) is 9.63. The van der Waals surface area contributed by atoms with Gasteiger partial charge in [-0.3, -0.25) is 14.6 Å². The first-order valence-electron chi connectivity index (χ1n) is 9.63. The van der Waals surface area contributed by atoms with Gasteiger partial charge in [0.2, 0.25) is 11.9 Å². The molecule has 0 aromatic heterocycles. The Bertz CT molecular complexity index is 1070. The molecule has 152 valence electrons. The summed E-state index contributed by atoms with van der Waals surface area (Å²) in [6.07, 6.45) is 1.69. The Morgan fingerprint density at radius 2 is 1.77 bits per heavy atom. The lowest BCUT2D eigenvalue weighted by Crippen LogP contribution is -2.61. The molecule has 0 saturated carbocycles. The number of carbonyl (C=O) groups excluding carboxylic acids is 2. The van der Waals surface area contributed by atoms with E-state index in [9.17, 15) is 9.59 Å². The Morgan fingerprint density at radius 1 is 1.07 bits per heavy atom. The number of carbonyl (C=O) groups is 2. The zero-order chi connectivity index (χ0) is 21.3. The molecule has 1 N–H and O–H groups in total. The molecular weight excluding hydrogens is 380 g/mol. The molecule has 0 aliphatic carbocycles. The zero-order valence-corrected chi connectivity index (χ0v) is 17.1. The molecule has 30 heavy (non-hydrogen) atoms. The third-order valence-electron chi connectivity index (χ3n) is 5.18. The summed E-state index contributed by atoms with van der Waals surface area (Å²) in [6, 6.07) is 16.7. The number of benzene rings is 2. The monoisotopic (exact) mass is 403 g/mol. The van der Waals surface area contributed by atoms with Crippen LogP contribution in [-0.2, 0) is 11.3 Å². The van der Waals surface area contributed by atoms with Gasteiger partial charge in [-0.1, -0.05) is 65.2 Å². The van der Waals surface area contributed by atoms with Gasteiger partial charge in [-0.2, -0.15) is 5.43 Å². The number of likely N-dealkylation sites (N-methyl/N-ethyl adjacent to an activating group) is 2. The summed E-state index contributed by atoms with van der Waals surface area (Å²) in [6.45, 7) is 2.47. The summed E-state index contributed by atoms with van der Waals surface area (Å²) in [7, 11) is 3.11. The maximum absolute atomic E-state index is 12.9. The number of hydrazone groups is 1. The maximum atomic E-state index is 12.9. The molecule has 4 rings (SSSR count). The van der Waals surface area contributed by atoms with Crippen molar-refractivity contribution in [3.8, 4) is 0 Å². The van der Waals surface area contributed by atoms with Crippen molar-refractivity contribution in [1.82, 2.24) is 15.2 Å². The number of amides is 3. The van der Waals surface area contributed by atoms with Gasteiger partial charge >= 0.3 is 12.0 Å². The molecule has 8 nitrogen and oxygen atoms in total. The number of rotatable bonds is 4. The lowest BCUT2D eigenvalue weighted by Gasteiger charge is -2.31. The standard InChI is InChI=1S/C22H22N6O2/c1-15-9-11-16(12-10-15)13-23-25-21-24-19-18(20(29)27(3)22(30)26(19)2)28(21)14-17-7-5-4-6-8-17/h4-13,18H,14H2,1-3H3/p+1/b23-13+. The minimum Gasteiger partial charge on any atom is -0.270 e. The summed E-state index contributed by atoms with van der Waals surface area (Å²) in [5.74, 6) is 0.504. The van der Waals surface area contributed by atoms with Crippen LogP contribution in [0.25, 0.3) is 0 Å². The SMILES string of the molecule is Cc1ccc(/C=N/NC2=[N+](Cc3ccccc3)C3C(=O)N(C)C(=O)N(C)C3=N2)cc1. The second-order valence-corrected chi connectivity index (χ2v) is 7.33. The minimum absolute atomic E-state index is 0.313. The van der Waals surface area contributed by atoms with E-state index in [1.807, 2.05) is 66.1 Å². The van der Waals surface area contributed by atoms with Gasteiger partial charge in [-0.25, -0.2) is 9.37 Å². The molecule has 1 saturated heterocycles. The number of urea groups is 1. The van der Waals surface area contributed by atoms with Crippen molar-refractivity contribution in [3.63, 3.8) is 0 Å². The van der Waals surface area contributed by atoms with Crippen LogP contribution in [0.5, 0.6) is 0 Å². The van der Waals surface area contributed by atoms with Gasteiger partial charge in [0.1, 0.15) is 0 Å². The molecule has 1 unspecified atom stereocenters. The number of hydrogen-bond acceptors (Lipinski definition) is 5. The Balaban J connectivity index is 1.67. The molecule has 0 spiro atoms. The normalized spacial score (nSPS) is 18.9. The fourth-order valence-corrected chi connectivity index (χ4v) is 3.45. The average molecular weight is 403 g/mol. The van der Waals surface area contributed by atoms with Gasteiger partial charge in [-0.05, 0) is 18.1 Å². The number of aryl methyl sites for hydroxylation is 1. The number of guanidine groups is 1. The van der Waals surface area contributed by atoms with Crippen LogP contribution in [-0.4, -0.2) is 64.5 Å². The first kappa shape index (κ1) is 19.5. The molecule has 1 fully saturated rings. The van der Waals surface area contributed by atoms with Crippen LogP contribution in [0.3, 0.4) is 0 Å². The third kappa shape index (κ3) is 3.59. The lowest BCUT2D eigenvalue weighted by molar-refractivity contribution is -0.553. The smallest absolute Gasteiger partial charge is 0.270 e. The summed E-state index contributed by atoms with van der Waals surface area (Å²) < 4.78 is 1.83. The van der Waals surface area contributed by atoms with Gasteiger partial charge in [0, 0.05) is 14.1 Å². The van der Waals surface area contributed by atoms with Crippen LogP contribution < -0.4 is 5.43 Å². The van der Waals surface area contributed by atoms with Crippen molar-refractivity contribution >= 4 is 29.9 Å². The summed E-state index contributed by atoms with van der Waals surface area (Å²) in [5.41, 5.74) is 6.09. The van der Waals surface area contributed by atoms with Crippen LogP contribution in [0.1, 0.15) is 16.7 Å². The number of nitrogens with zero attached hydrogens (tertiary/aromatic N) is 5. The van der Waals surface area contributed by atoms with E-state index in [0.717, 1.165) is 16.0 Å². The Hall–Kier alpha value is -3.81. The van der Waals surface area contributed by atoms with Gasteiger partial charge in [0.15, 0.2) is 0 Å². The van der Waals surface area contributed by atoms with Gasteiger partial charge in [0.25, 0.3) is 5.91 Å². The van der Waals surface area contributed by atoms with Crippen LogP contribution in [0, 0.1) is 6.92 Å². The van der Waals surface area contributed by atoms with Crippen molar-refractivity contribution < 1.29 is 14.2 Å². The minimum atomic E-state index is -0.685. The molecular formula is C22H23N6O2+. The summed E-state index contributed by atoms with van der Waals surface area (Å²) in [4.78, 5) is 32.3. The molecule has 1 atom stereocenters. The van der Waals surface area contributed by atoms with Gasteiger partial charge < -0.3 is 0 Å². The maximum Gasteiger partial charge on any atom is 0.414 e. The van der Waals surface area contributed by atoms with E-state index in [1.54, 1.807) is 13.3 Å². The highest BCUT2D eigenvalue weighted by atomic mass is 16.2. The van der Waals surface area contributed by atoms with Crippen molar-refractivity contribution in [2.45, 2.75) is 19.5 Å². The van der Waals surface area contributed by atoms with E-state index in [4.69, 9.17) is 0 Å². The number of fused-ring (bicyclic) bond motifs is 1. The van der Waals surface area contributed by atoms with E-state index in [2.05, 4.69) is 15.5 Å². The fraction of sp³-hybridized carbons (Fsp3) is 0.227. The number of imide groups is 1. The van der Waals surface area contributed by atoms with Crippen molar-refractivity contribution in [2.24, 2.45) is 10.1 Å². The quantitative estimate of drug-likeness (QED) is 0.480. The Morgan fingerprint density at radius 3 is 2.47 bits per heavy atom. The molecule has 8 heteroatoms. The number of hydrogen-bond donors (Lipinski definition) is 1. The largest absolute Gasteiger partial charge is 0.414 e. The highest BCUT2D eigenvalue weighted by Crippen LogP contribution is 2.20. The predicted octanol–water partition coefficient (Wildman–Crippen LogP) is 1.79. The molecule has 0 bridgehead atoms. The number of nitrogens with one attached hydrogen (secondary N) is 1. The van der Waals surface area contributed by atoms with E-state index in [-0.39, 0.29) is 5.91 Å². The van der Waals surface area contributed by atoms with E-state index in [1.165, 1.54) is 17.5 Å². The average Bonchev–Trinajstić information content (AvgIpc) is 3.11. The lowest BCUT2D eigenvalue weighted by atomic mass is 10.1. The molecule has 3 amide bonds. The predicted molar refractivity (Wildman–Crippen MR) is 114 cm³/mol. The van der Waals surface area contributed by atoms with Crippen LogP contribution in [0.4, 0.5) is 4.79 Å². The zero-order valence-electron chi connectivity index (χ0n) is 17.1. The number of amidine groups is 1. The number of aliphatic imine (C=N–C) groups is 1. The summed E-state index contributed by atoms with van der Waals surface area (Å²) in [5, 5.41) is 4.30. The second-order valence-electron chi connectivity index (χ2n) is 7.33. The fourth-order valence-electron chi connectivity index (χ4n) is 3.45. The molecule has 2 aliphatic rings. The first-order chi connectivity index (χ1) is 14.5. The van der Waals surface area contributed by atoms with E-state index in [0.29, 0.717) is 18.3 Å². The molecule has 2 heterocycles. The molecule has 0 radical (unpaired) electrons. The van der Waals surface area contributed by atoms with Crippen molar-refractivity contribution in [3.05, 3.63) is 71.3 Å². The topological polar surface area (TPSA) is 80.4 Å². The van der Waals surface area contributed by atoms with Crippen LogP contribution in [0.15, 0.2) is 64.7 Å². The highest BCUT2D eigenvalue weighted by Gasteiger charge is 2.51. The molecule has 2 aliphatic heterocycles. The van der Waals surface area contributed by atoms with E-state index < -0.39 is 12.1 Å². The Labute approximate surface area is 174 Å². The second kappa shape index (κ2) is 7.90. The van der Waals surface area contributed by atoms with Gasteiger partial charge in [-0.15, -0.1) is 5.10 Å². The highest BCUT2D eigenvalue weighted by molar-refractivity contribution is 6.22. The Kier molecular flexibility index (Phi) is 5.14. The molecule has 2 aromatic rings. The van der Waals surface area contributed by atoms with Crippen molar-refractivity contribution in [1.29, 1.82) is 0 Å². The summed E-state index contributed by atoms with van der Waals surface area (Å²) >= 11 is 0. The van der Waals surface area contributed by atoms with Gasteiger partial charge in [0.05, 0.1) is 12.8 Å². The molecule has 2 aromatic carbocycles. The van der Waals surface area contributed by atoms with E-state index >= 15 is 0 Å². The van der Waals surface area contributed by atoms with Crippen LogP contribution >= 0.6 is 0 Å². The van der Waals surface area contributed by atoms with Crippen LogP contribution in [0.2, 0.25) is 0 Å². The van der Waals surface area contributed by atoms with Crippen molar-refractivity contribution in [2.75, 3.05) is 14.1 Å². The third-order valence-corrected chi connectivity index (χ3v) is 5.18.